The van der Waals surface area contributed by atoms with E-state index in [0.717, 1.165) is 16.8 Å². The molecule has 0 aliphatic heterocycles. The lowest BCUT2D eigenvalue weighted by Gasteiger charge is -2.04. The van der Waals surface area contributed by atoms with Crippen molar-refractivity contribution < 1.29 is 14.5 Å². The number of non-ortho nitro benzene ring substituents is 1. The van der Waals surface area contributed by atoms with Crippen LogP contribution in [-0.4, -0.2) is 22.1 Å². The van der Waals surface area contributed by atoms with E-state index in [1.807, 2.05) is 29.6 Å². The van der Waals surface area contributed by atoms with Gasteiger partial charge in [-0.3, -0.25) is 15.5 Å². The minimum atomic E-state index is -0.679. The zero-order valence-electron chi connectivity index (χ0n) is 16.8. The van der Waals surface area contributed by atoms with Gasteiger partial charge in [-0.1, -0.05) is 29.8 Å². The Hall–Kier alpha value is -4.08. The summed E-state index contributed by atoms with van der Waals surface area (Å²) in [5.41, 5.74) is 5.36. The summed E-state index contributed by atoms with van der Waals surface area (Å²) in [7, 11) is 0. The third-order valence-electron chi connectivity index (χ3n) is 4.40. The number of thiazole rings is 1. The van der Waals surface area contributed by atoms with Gasteiger partial charge >= 0.3 is 5.97 Å². The Labute approximate surface area is 197 Å². The van der Waals surface area contributed by atoms with Crippen LogP contribution in [0.3, 0.4) is 0 Å². The van der Waals surface area contributed by atoms with Gasteiger partial charge in [0.25, 0.3) is 5.69 Å². The molecule has 0 spiro atoms. The molecule has 0 radical (unpaired) electrons. The molecular formula is C23H15ClN4O4S. The first-order chi connectivity index (χ1) is 16.0. The number of nitrogens with zero attached hydrogens (tertiary/aromatic N) is 3. The molecule has 4 rings (SSSR count). The van der Waals surface area contributed by atoms with Crippen LogP contribution < -0.4 is 10.2 Å². The number of nitro groups is 1. The molecule has 8 nitrogen and oxygen atoms in total. The van der Waals surface area contributed by atoms with E-state index in [2.05, 4.69) is 15.5 Å². The molecule has 0 bridgehead atoms. The van der Waals surface area contributed by atoms with Crippen molar-refractivity contribution in [3.8, 4) is 17.0 Å². The molecule has 33 heavy (non-hydrogen) atoms. The molecule has 1 N–H and O–H groups in total. The van der Waals surface area contributed by atoms with Crippen molar-refractivity contribution in [1.29, 1.82) is 0 Å². The van der Waals surface area contributed by atoms with Crippen LogP contribution in [-0.2, 0) is 0 Å². The second kappa shape index (κ2) is 10.0. The number of carbonyl (C=O) groups is 1. The third-order valence-corrected chi connectivity index (χ3v) is 5.40. The summed E-state index contributed by atoms with van der Waals surface area (Å²) in [6, 6.07) is 19.5. The van der Waals surface area contributed by atoms with Crippen molar-refractivity contribution in [2.45, 2.75) is 0 Å². The molecule has 0 amide bonds. The topological polar surface area (TPSA) is 107 Å². The monoisotopic (exact) mass is 478 g/mol. The highest BCUT2D eigenvalue weighted by Crippen LogP contribution is 2.26. The van der Waals surface area contributed by atoms with Gasteiger partial charge in [-0.2, -0.15) is 5.10 Å². The summed E-state index contributed by atoms with van der Waals surface area (Å²) < 4.78 is 5.28. The van der Waals surface area contributed by atoms with E-state index in [4.69, 9.17) is 16.3 Å². The van der Waals surface area contributed by atoms with E-state index in [1.54, 1.807) is 30.5 Å². The molecule has 10 heteroatoms. The second-order valence-electron chi connectivity index (χ2n) is 6.68. The molecule has 0 unspecified atom stereocenters. The number of ether oxygens (including phenoxy) is 1. The highest BCUT2D eigenvalue weighted by Gasteiger charge is 2.13. The summed E-state index contributed by atoms with van der Waals surface area (Å²) in [6.45, 7) is 0. The quantitative estimate of drug-likeness (QED) is 0.114. The summed E-state index contributed by atoms with van der Waals surface area (Å²) in [6.07, 6.45) is 1.61. The summed E-state index contributed by atoms with van der Waals surface area (Å²) >= 11 is 7.34. The molecular weight excluding hydrogens is 464 g/mol. The van der Waals surface area contributed by atoms with E-state index >= 15 is 0 Å². The average molecular weight is 479 g/mol. The normalized spacial score (nSPS) is 10.8. The number of hydrogen-bond acceptors (Lipinski definition) is 8. The number of aromatic nitrogens is 1. The van der Waals surface area contributed by atoms with E-state index in [0.29, 0.717) is 15.9 Å². The van der Waals surface area contributed by atoms with Crippen LogP contribution in [0.4, 0.5) is 10.8 Å². The van der Waals surface area contributed by atoms with E-state index in [-0.39, 0.29) is 11.3 Å². The number of hydrazone groups is 1. The molecule has 4 aromatic rings. The van der Waals surface area contributed by atoms with Crippen molar-refractivity contribution in [2.24, 2.45) is 5.10 Å². The van der Waals surface area contributed by atoms with Crippen LogP contribution >= 0.6 is 22.9 Å². The SMILES string of the molecule is O=C(Oc1ccc(/C=N\Nc2nc(-c3ccc(Cl)cc3)cs2)cc1)c1cccc([N+](=O)[O-])c1. The Bertz CT molecular complexity index is 1320. The number of anilines is 1. The second-order valence-corrected chi connectivity index (χ2v) is 7.98. The fourth-order valence-electron chi connectivity index (χ4n) is 2.77. The Balaban J connectivity index is 1.34. The zero-order valence-corrected chi connectivity index (χ0v) is 18.4. The van der Waals surface area contributed by atoms with Crippen LogP contribution in [0.1, 0.15) is 15.9 Å². The van der Waals surface area contributed by atoms with E-state index < -0.39 is 10.9 Å². The first-order valence-corrected chi connectivity index (χ1v) is 10.8. The van der Waals surface area contributed by atoms with Gasteiger partial charge in [0.1, 0.15) is 5.75 Å². The molecule has 0 saturated carbocycles. The maximum absolute atomic E-state index is 12.2. The fourth-order valence-corrected chi connectivity index (χ4v) is 3.57. The Morgan fingerprint density at radius 3 is 2.61 bits per heavy atom. The average Bonchev–Trinajstić information content (AvgIpc) is 3.29. The molecule has 0 aliphatic rings. The molecule has 1 aromatic heterocycles. The van der Waals surface area contributed by atoms with Gasteiger partial charge in [0.05, 0.1) is 22.4 Å². The van der Waals surface area contributed by atoms with Crippen molar-refractivity contribution in [3.63, 3.8) is 0 Å². The number of nitro benzene ring substituents is 1. The molecule has 0 saturated heterocycles. The van der Waals surface area contributed by atoms with Crippen molar-refractivity contribution >= 4 is 45.9 Å². The van der Waals surface area contributed by atoms with Crippen molar-refractivity contribution in [3.05, 3.63) is 104 Å². The van der Waals surface area contributed by atoms with Crippen LogP contribution in [0.5, 0.6) is 5.75 Å². The number of hydrogen-bond donors (Lipinski definition) is 1. The minimum Gasteiger partial charge on any atom is -0.423 e. The van der Waals surface area contributed by atoms with Gasteiger partial charge in [-0.15, -0.1) is 11.3 Å². The number of rotatable bonds is 7. The largest absolute Gasteiger partial charge is 0.423 e. The zero-order chi connectivity index (χ0) is 23.2. The van der Waals surface area contributed by atoms with Gasteiger partial charge < -0.3 is 4.74 Å². The fraction of sp³-hybridized carbons (Fsp3) is 0. The molecule has 0 atom stereocenters. The predicted octanol–water partition coefficient (Wildman–Crippen LogP) is 6.04. The smallest absolute Gasteiger partial charge is 0.343 e. The number of carbonyl (C=O) groups excluding carboxylic acids is 1. The van der Waals surface area contributed by atoms with Crippen LogP contribution in [0.2, 0.25) is 5.02 Å². The first-order valence-electron chi connectivity index (χ1n) is 9.55. The molecule has 1 heterocycles. The maximum atomic E-state index is 12.2. The van der Waals surface area contributed by atoms with Crippen LogP contribution in [0.25, 0.3) is 11.3 Å². The van der Waals surface area contributed by atoms with Gasteiger partial charge in [0.15, 0.2) is 0 Å². The number of esters is 1. The first kappa shape index (κ1) is 22.1. The highest BCUT2D eigenvalue weighted by molar-refractivity contribution is 7.14. The maximum Gasteiger partial charge on any atom is 0.343 e. The minimum absolute atomic E-state index is 0.0976. The Morgan fingerprint density at radius 2 is 1.88 bits per heavy atom. The number of benzene rings is 3. The molecule has 3 aromatic carbocycles. The van der Waals surface area contributed by atoms with Gasteiger partial charge in [0, 0.05) is 28.1 Å². The van der Waals surface area contributed by atoms with Crippen molar-refractivity contribution in [1.82, 2.24) is 4.98 Å². The van der Waals surface area contributed by atoms with Crippen LogP contribution in [0.15, 0.2) is 83.3 Å². The summed E-state index contributed by atoms with van der Waals surface area (Å²) in [5.74, 6) is -0.369. The lowest BCUT2D eigenvalue weighted by Crippen LogP contribution is -2.08. The van der Waals surface area contributed by atoms with Gasteiger partial charge in [-0.25, -0.2) is 9.78 Å². The van der Waals surface area contributed by atoms with Crippen molar-refractivity contribution in [2.75, 3.05) is 5.43 Å². The van der Waals surface area contributed by atoms with Crippen LogP contribution in [0, 0.1) is 10.1 Å². The summed E-state index contributed by atoms with van der Waals surface area (Å²) in [5, 5.41) is 18.3. The van der Waals surface area contributed by atoms with E-state index in [1.165, 1.54) is 35.6 Å². The Kier molecular flexibility index (Phi) is 6.72. The van der Waals surface area contributed by atoms with Gasteiger partial charge in [-0.05, 0) is 48.0 Å². The summed E-state index contributed by atoms with van der Waals surface area (Å²) in [4.78, 5) is 27.0. The van der Waals surface area contributed by atoms with Gasteiger partial charge in [0.2, 0.25) is 5.13 Å². The van der Waals surface area contributed by atoms with E-state index in [9.17, 15) is 14.9 Å². The lowest BCUT2D eigenvalue weighted by atomic mass is 10.2. The highest BCUT2D eigenvalue weighted by atomic mass is 35.5. The number of halogens is 1. The molecule has 0 fully saturated rings. The molecule has 164 valence electrons. The third kappa shape index (κ3) is 5.79. The molecule has 0 aliphatic carbocycles. The standard InChI is InChI=1S/C23H15ClN4O4S/c24-18-8-6-16(7-9-18)21-14-33-23(26-21)27-25-13-15-4-10-20(11-5-15)32-22(29)17-2-1-3-19(12-17)28(30)31/h1-14H,(H,26,27)/b25-13-. The number of nitrogens with one attached hydrogen (secondary N) is 1. The Morgan fingerprint density at radius 1 is 1.12 bits per heavy atom. The lowest BCUT2D eigenvalue weighted by molar-refractivity contribution is -0.384. The predicted molar refractivity (Wildman–Crippen MR) is 128 cm³/mol.